The summed E-state index contributed by atoms with van der Waals surface area (Å²) in [6, 6.07) is 6.20. The fourth-order valence-electron chi connectivity index (χ4n) is 3.26. The fraction of sp³-hybridized carbons (Fsp3) is 0.588. The van der Waals surface area contributed by atoms with Gasteiger partial charge >= 0.3 is 6.18 Å². The Bertz CT molecular complexity index is 582. The number of hydrogen-bond donors (Lipinski definition) is 0. The monoisotopic (exact) mass is 343 g/mol. The molecular weight excluding hydrogens is 323 g/mol. The van der Waals surface area contributed by atoms with E-state index < -0.39 is 12.8 Å². The molecule has 0 atom stereocenters. The largest absolute Gasteiger partial charge is 0.484 e. The molecule has 1 spiro atoms. The number of carbonyl (C=O) groups is 1. The molecule has 4 nitrogen and oxygen atoms in total. The van der Waals surface area contributed by atoms with Crippen LogP contribution in [0.15, 0.2) is 24.3 Å². The van der Waals surface area contributed by atoms with Gasteiger partial charge in [0.25, 0.3) is 0 Å². The van der Waals surface area contributed by atoms with Crippen LogP contribution in [0.5, 0.6) is 5.75 Å². The van der Waals surface area contributed by atoms with Crippen molar-refractivity contribution >= 4 is 5.91 Å². The van der Waals surface area contributed by atoms with E-state index in [4.69, 9.17) is 4.74 Å². The van der Waals surface area contributed by atoms with Crippen LogP contribution in [-0.2, 0) is 16.0 Å². The molecule has 1 heterocycles. The minimum atomic E-state index is -4.36. The van der Waals surface area contributed by atoms with E-state index in [2.05, 4.69) is 4.74 Å². The molecule has 0 N–H and O–H groups in total. The van der Waals surface area contributed by atoms with Crippen LogP contribution in [0.25, 0.3) is 0 Å². The van der Waals surface area contributed by atoms with Crippen molar-refractivity contribution in [2.45, 2.75) is 37.4 Å². The number of halogens is 3. The van der Waals surface area contributed by atoms with E-state index in [9.17, 15) is 18.0 Å². The Morgan fingerprint density at radius 3 is 2.54 bits per heavy atom. The molecule has 1 aromatic rings. The first-order chi connectivity index (χ1) is 11.4. The van der Waals surface area contributed by atoms with Gasteiger partial charge in [-0.2, -0.15) is 13.2 Å². The van der Waals surface area contributed by atoms with Crippen LogP contribution in [0.1, 0.15) is 24.8 Å². The minimum Gasteiger partial charge on any atom is -0.484 e. The molecule has 1 aromatic carbocycles. The van der Waals surface area contributed by atoms with E-state index >= 15 is 0 Å². The van der Waals surface area contributed by atoms with E-state index in [-0.39, 0.29) is 23.6 Å². The Morgan fingerprint density at radius 1 is 1.25 bits per heavy atom. The summed E-state index contributed by atoms with van der Waals surface area (Å²) in [7, 11) is 0. The van der Waals surface area contributed by atoms with Crippen LogP contribution < -0.4 is 4.74 Å². The zero-order valence-electron chi connectivity index (χ0n) is 13.3. The molecule has 7 heteroatoms. The number of alkyl halides is 3. The van der Waals surface area contributed by atoms with Gasteiger partial charge < -0.3 is 14.4 Å². The maximum atomic E-state index is 12.6. The van der Waals surface area contributed by atoms with Crippen molar-refractivity contribution in [1.29, 1.82) is 0 Å². The van der Waals surface area contributed by atoms with E-state index in [1.807, 2.05) is 4.90 Å². The minimum absolute atomic E-state index is 0.0435. The molecule has 132 valence electrons. The van der Waals surface area contributed by atoms with Gasteiger partial charge in [-0.25, -0.2) is 0 Å². The lowest BCUT2D eigenvalue weighted by Gasteiger charge is -2.52. The first-order valence-corrected chi connectivity index (χ1v) is 8.05. The van der Waals surface area contributed by atoms with Crippen molar-refractivity contribution in [2.24, 2.45) is 0 Å². The smallest absolute Gasteiger partial charge is 0.422 e. The Labute approximate surface area is 138 Å². The molecule has 1 amide bonds. The molecule has 1 saturated carbocycles. The molecule has 0 unspecified atom stereocenters. The Balaban J connectivity index is 1.58. The van der Waals surface area contributed by atoms with Crippen LogP contribution >= 0.6 is 0 Å². The van der Waals surface area contributed by atoms with Crippen molar-refractivity contribution < 1.29 is 27.4 Å². The third kappa shape index (κ3) is 3.83. The van der Waals surface area contributed by atoms with Gasteiger partial charge in [0.2, 0.25) is 5.91 Å². The van der Waals surface area contributed by atoms with E-state index in [1.54, 1.807) is 12.1 Å². The topological polar surface area (TPSA) is 38.8 Å². The Hall–Kier alpha value is -1.76. The highest BCUT2D eigenvalue weighted by Crippen LogP contribution is 2.40. The number of rotatable bonds is 4. The summed E-state index contributed by atoms with van der Waals surface area (Å²) < 4.78 is 46.6. The molecule has 1 aliphatic heterocycles. The number of amides is 1. The van der Waals surface area contributed by atoms with Gasteiger partial charge in [0.1, 0.15) is 5.75 Å². The Kier molecular flexibility index (Phi) is 4.71. The lowest BCUT2D eigenvalue weighted by atomic mass is 9.75. The zero-order valence-corrected chi connectivity index (χ0v) is 13.3. The molecule has 3 rings (SSSR count). The highest BCUT2D eigenvalue weighted by molar-refractivity contribution is 5.80. The summed E-state index contributed by atoms with van der Waals surface area (Å²) in [5.41, 5.74) is 0.630. The molecule has 1 aliphatic carbocycles. The standard InChI is InChI=1S/C17H20F3NO3/c18-17(19,20)12-24-14-4-2-13(3-5-14)10-15(22)21-8-9-23-11-16(21)6-1-7-16/h2-5H,1,6-12H2. The summed E-state index contributed by atoms with van der Waals surface area (Å²) in [6.07, 6.45) is -1.06. The van der Waals surface area contributed by atoms with Gasteiger partial charge in [-0.1, -0.05) is 12.1 Å². The van der Waals surface area contributed by atoms with Crippen molar-refractivity contribution in [3.63, 3.8) is 0 Å². The van der Waals surface area contributed by atoms with Crippen LogP contribution in [0, 0.1) is 0 Å². The van der Waals surface area contributed by atoms with Gasteiger partial charge in [0, 0.05) is 6.54 Å². The predicted octanol–water partition coefficient (Wildman–Crippen LogP) is 2.95. The molecule has 2 fully saturated rings. The lowest BCUT2D eigenvalue weighted by molar-refractivity contribution is -0.157. The number of hydrogen-bond acceptors (Lipinski definition) is 3. The second-order valence-electron chi connectivity index (χ2n) is 6.40. The van der Waals surface area contributed by atoms with E-state index in [0.29, 0.717) is 19.8 Å². The van der Waals surface area contributed by atoms with Crippen molar-refractivity contribution in [3.05, 3.63) is 29.8 Å². The molecular formula is C17H20F3NO3. The Morgan fingerprint density at radius 2 is 1.96 bits per heavy atom. The van der Waals surface area contributed by atoms with Crippen LogP contribution in [0.2, 0.25) is 0 Å². The molecule has 24 heavy (non-hydrogen) atoms. The molecule has 1 saturated heterocycles. The highest BCUT2D eigenvalue weighted by atomic mass is 19.4. The molecule has 0 radical (unpaired) electrons. The van der Waals surface area contributed by atoms with E-state index in [0.717, 1.165) is 24.8 Å². The highest BCUT2D eigenvalue weighted by Gasteiger charge is 2.46. The molecule has 0 bridgehead atoms. The van der Waals surface area contributed by atoms with Crippen LogP contribution in [0.3, 0.4) is 0 Å². The lowest BCUT2D eigenvalue weighted by Crippen LogP contribution is -2.63. The predicted molar refractivity (Wildman–Crippen MR) is 80.8 cm³/mol. The SMILES string of the molecule is O=C(Cc1ccc(OCC(F)(F)F)cc1)N1CCOCC12CCC2. The third-order valence-corrected chi connectivity index (χ3v) is 4.67. The first-order valence-electron chi connectivity index (χ1n) is 8.05. The second-order valence-corrected chi connectivity index (χ2v) is 6.40. The quantitative estimate of drug-likeness (QED) is 0.844. The van der Waals surface area contributed by atoms with Gasteiger partial charge in [-0.15, -0.1) is 0 Å². The summed E-state index contributed by atoms with van der Waals surface area (Å²) >= 11 is 0. The van der Waals surface area contributed by atoms with Crippen molar-refractivity contribution in [2.75, 3.05) is 26.4 Å². The second kappa shape index (κ2) is 6.63. The zero-order chi connectivity index (χ0) is 17.2. The average Bonchev–Trinajstić information content (AvgIpc) is 2.52. The average molecular weight is 343 g/mol. The number of morpholine rings is 1. The normalized spacial score (nSPS) is 19.9. The fourth-order valence-corrected chi connectivity index (χ4v) is 3.26. The molecule has 2 aliphatic rings. The maximum Gasteiger partial charge on any atom is 0.422 e. The van der Waals surface area contributed by atoms with E-state index in [1.165, 1.54) is 12.1 Å². The van der Waals surface area contributed by atoms with Gasteiger partial charge in [-0.3, -0.25) is 4.79 Å². The van der Waals surface area contributed by atoms with Crippen LogP contribution in [-0.4, -0.2) is 48.9 Å². The third-order valence-electron chi connectivity index (χ3n) is 4.67. The maximum absolute atomic E-state index is 12.6. The summed E-state index contributed by atoms with van der Waals surface area (Å²) in [6.45, 7) is 0.438. The summed E-state index contributed by atoms with van der Waals surface area (Å²) in [5, 5.41) is 0. The van der Waals surface area contributed by atoms with Gasteiger partial charge in [0.05, 0.1) is 25.2 Å². The number of ether oxygens (including phenoxy) is 2. The summed E-state index contributed by atoms with van der Waals surface area (Å²) in [5.74, 6) is 0.187. The first kappa shape index (κ1) is 17.1. The van der Waals surface area contributed by atoms with Crippen molar-refractivity contribution in [1.82, 2.24) is 4.90 Å². The number of nitrogens with zero attached hydrogens (tertiary/aromatic N) is 1. The summed E-state index contributed by atoms with van der Waals surface area (Å²) in [4.78, 5) is 14.5. The number of benzene rings is 1. The van der Waals surface area contributed by atoms with Crippen LogP contribution in [0.4, 0.5) is 13.2 Å². The molecule has 0 aromatic heterocycles. The van der Waals surface area contributed by atoms with Crippen molar-refractivity contribution in [3.8, 4) is 5.75 Å². The van der Waals surface area contributed by atoms with Gasteiger partial charge in [0.15, 0.2) is 6.61 Å². The number of carbonyl (C=O) groups excluding carboxylic acids is 1. The van der Waals surface area contributed by atoms with Gasteiger partial charge in [-0.05, 0) is 37.0 Å².